The number of hydrogen-bond acceptors (Lipinski definition) is 4. The normalized spacial score (nSPS) is 21.0. The van der Waals surface area contributed by atoms with E-state index in [0.29, 0.717) is 16.8 Å². The van der Waals surface area contributed by atoms with Crippen molar-refractivity contribution in [3.05, 3.63) is 59.2 Å². The van der Waals surface area contributed by atoms with Gasteiger partial charge in [-0.2, -0.15) is 13.2 Å². The SMILES string of the molecule is Cc1ccc2oc(CC(O)(CC3(C)Oc4ccc(F)cc43)C(F)(F)F)nc2c1. The summed E-state index contributed by atoms with van der Waals surface area (Å²) < 4.78 is 65.8. The number of rotatable bonds is 4. The molecule has 3 aromatic rings. The van der Waals surface area contributed by atoms with Crippen LogP contribution in [0.2, 0.25) is 0 Å². The van der Waals surface area contributed by atoms with Crippen molar-refractivity contribution >= 4 is 11.1 Å². The van der Waals surface area contributed by atoms with Gasteiger partial charge in [-0.3, -0.25) is 0 Å². The molecule has 1 N–H and O–H groups in total. The van der Waals surface area contributed by atoms with Crippen molar-refractivity contribution in [3.8, 4) is 5.75 Å². The van der Waals surface area contributed by atoms with Gasteiger partial charge in [0.25, 0.3) is 0 Å². The summed E-state index contributed by atoms with van der Waals surface area (Å²) in [6, 6.07) is 8.68. The van der Waals surface area contributed by atoms with Crippen LogP contribution >= 0.6 is 0 Å². The maximum absolute atomic E-state index is 13.8. The fraction of sp³-hybridized carbons (Fsp3) is 0.350. The fourth-order valence-corrected chi connectivity index (χ4v) is 3.62. The highest BCUT2D eigenvalue weighted by molar-refractivity contribution is 5.73. The average Bonchev–Trinajstić information content (AvgIpc) is 2.96. The Bertz CT molecular complexity index is 1060. The van der Waals surface area contributed by atoms with Crippen LogP contribution in [-0.2, 0) is 12.0 Å². The first-order chi connectivity index (χ1) is 13.0. The number of aliphatic hydroxyl groups is 1. The minimum absolute atomic E-state index is 0.234. The van der Waals surface area contributed by atoms with Gasteiger partial charge in [0.15, 0.2) is 17.1 Å². The quantitative estimate of drug-likeness (QED) is 0.645. The lowest BCUT2D eigenvalue weighted by atomic mass is 9.77. The first-order valence-corrected chi connectivity index (χ1v) is 8.63. The first kappa shape index (κ1) is 18.7. The number of oxazole rings is 1. The summed E-state index contributed by atoms with van der Waals surface area (Å²) in [6.45, 7) is 3.21. The van der Waals surface area contributed by atoms with Crippen molar-refractivity contribution in [2.24, 2.45) is 0 Å². The molecule has 1 aliphatic heterocycles. The molecule has 2 unspecified atom stereocenters. The van der Waals surface area contributed by atoms with Gasteiger partial charge in [0.1, 0.15) is 22.7 Å². The highest BCUT2D eigenvalue weighted by Gasteiger charge is 2.60. The van der Waals surface area contributed by atoms with Crippen LogP contribution in [0.1, 0.15) is 30.4 Å². The monoisotopic (exact) mass is 395 g/mol. The number of ether oxygens (including phenoxy) is 1. The number of benzene rings is 2. The average molecular weight is 395 g/mol. The Balaban J connectivity index is 1.67. The van der Waals surface area contributed by atoms with Crippen LogP contribution in [-0.4, -0.2) is 21.9 Å². The summed E-state index contributed by atoms with van der Waals surface area (Å²) in [5, 5.41) is 10.6. The molecule has 0 saturated carbocycles. The Morgan fingerprint density at radius 1 is 1.14 bits per heavy atom. The van der Waals surface area contributed by atoms with Crippen LogP contribution < -0.4 is 4.74 Å². The van der Waals surface area contributed by atoms with Crippen LogP contribution in [0.25, 0.3) is 11.1 Å². The molecular formula is C20H17F4NO3. The maximum atomic E-state index is 13.8. The van der Waals surface area contributed by atoms with Crippen LogP contribution in [0, 0.1) is 12.7 Å². The number of nitrogens with zero attached hydrogens (tertiary/aromatic N) is 1. The fourth-order valence-electron chi connectivity index (χ4n) is 3.62. The summed E-state index contributed by atoms with van der Waals surface area (Å²) in [6.07, 6.45) is -6.68. The molecule has 1 aromatic heterocycles. The predicted octanol–water partition coefficient (Wildman–Crippen LogP) is 4.81. The van der Waals surface area contributed by atoms with E-state index in [1.165, 1.54) is 13.0 Å². The molecule has 0 saturated heterocycles. The molecular weight excluding hydrogens is 378 g/mol. The molecule has 28 heavy (non-hydrogen) atoms. The molecule has 1 aliphatic rings. The maximum Gasteiger partial charge on any atom is 0.417 e. The van der Waals surface area contributed by atoms with E-state index in [-0.39, 0.29) is 11.5 Å². The number of alkyl halides is 3. The Labute approximate surface area is 157 Å². The highest BCUT2D eigenvalue weighted by Crippen LogP contribution is 2.51. The zero-order chi connectivity index (χ0) is 20.3. The molecule has 4 rings (SSSR count). The summed E-state index contributed by atoms with van der Waals surface area (Å²) in [5.74, 6) is -0.522. The summed E-state index contributed by atoms with van der Waals surface area (Å²) >= 11 is 0. The van der Waals surface area contributed by atoms with Crippen molar-refractivity contribution in [1.82, 2.24) is 4.98 Å². The van der Waals surface area contributed by atoms with E-state index in [0.717, 1.165) is 17.7 Å². The van der Waals surface area contributed by atoms with Gasteiger partial charge in [-0.1, -0.05) is 6.07 Å². The van der Waals surface area contributed by atoms with Crippen LogP contribution in [0.15, 0.2) is 40.8 Å². The largest absolute Gasteiger partial charge is 0.482 e. The van der Waals surface area contributed by atoms with Gasteiger partial charge < -0.3 is 14.3 Å². The van der Waals surface area contributed by atoms with E-state index < -0.39 is 36.0 Å². The first-order valence-electron chi connectivity index (χ1n) is 8.63. The van der Waals surface area contributed by atoms with Crippen molar-refractivity contribution in [1.29, 1.82) is 0 Å². The Hall–Kier alpha value is -2.61. The Morgan fingerprint density at radius 3 is 2.61 bits per heavy atom. The third-order valence-electron chi connectivity index (χ3n) is 5.04. The molecule has 0 spiro atoms. The number of fused-ring (bicyclic) bond motifs is 2. The summed E-state index contributed by atoms with van der Waals surface area (Å²) in [5.41, 5.74) is -2.73. The van der Waals surface area contributed by atoms with Gasteiger partial charge in [0.05, 0.1) is 6.42 Å². The number of aromatic nitrogens is 1. The van der Waals surface area contributed by atoms with Gasteiger partial charge >= 0.3 is 6.18 Å². The number of halogens is 4. The lowest BCUT2D eigenvalue weighted by Gasteiger charge is -2.45. The van der Waals surface area contributed by atoms with Crippen LogP contribution in [0.4, 0.5) is 17.6 Å². The highest BCUT2D eigenvalue weighted by atomic mass is 19.4. The van der Waals surface area contributed by atoms with Crippen molar-refractivity contribution < 1.29 is 31.8 Å². The van der Waals surface area contributed by atoms with E-state index in [9.17, 15) is 22.7 Å². The Morgan fingerprint density at radius 2 is 1.89 bits per heavy atom. The van der Waals surface area contributed by atoms with Crippen molar-refractivity contribution in [2.75, 3.05) is 0 Å². The van der Waals surface area contributed by atoms with E-state index >= 15 is 0 Å². The lowest BCUT2D eigenvalue weighted by molar-refractivity contribution is -0.277. The summed E-state index contributed by atoms with van der Waals surface area (Å²) in [7, 11) is 0. The molecule has 8 heteroatoms. The van der Waals surface area contributed by atoms with Gasteiger partial charge in [-0.15, -0.1) is 0 Å². The van der Waals surface area contributed by atoms with E-state index in [2.05, 4.69) is 4.98 Å². The Kier molecular flexibility index (Phi) is 3.98. The standard InChI is InChI=1S/C20H17F4NO3/c1-11-3-5-16-14(7-11)25-17(27-16)9-19(26,20(22,23)24)10-18(2)13-8-12(21)4-6-15(13)28-18/h3-8,26H,9-10H2,1-2H3. The molecule has 0 aliphatic carbocycles. The van der Waals surface area contributed by atoms with Gasteiger partial charge in [0, 0.05) is 12.0 Å². The molecule has 4 nitrogen and oxygen atoms in total. The van der Waals surface area contributed by atoms with Gasteiger partial charge in [-0.05, 0) is 49.7 Å². The molecule has 148 valence electrons. The van der Waals surface area contributed by atoms with Gasteiger partial charge in [-0.25, -0.2) is 9.37 Å². The summed E-state index contributed by atoms with van der Waals surface area (Å²) in [4.78, 5) is 4.08. The second kappa shape index (κ2) is 5.94. The third-order valence-corrected chi connectivity index (χ3v) is 5.04. The van der Waals surface area contributed by atoms with E-state index in [4.69, 9.17) is 9.15 Å². The number of hydrogen-bond donors (Lipinski definition) is 1. The predicted molar refractivity (Wildman–Crippen MR) is 92.5 cm³/mol. The molecule has 0 bridgehead atoms. The lowest BCUT2D eigenvalue weighted by Crippen LogP contribution is -2.54. The molecule has 2 atom stereocenters. The molecule has 0 fully saturated rings. The minimum Gasteiger partial charge on any atom is -0.482 e. The van der Waals surface area contributed by atoms with Crippen molar-refractivity contribution in [3.63, 3.8) is 0 Å². The van der Waals surface area contributed by atoms with Crippen LogP contribution in [0.3, 0.4) is 0 Å². The minimum atomic E-state index is -4.97. The van der Waals surface area contributed by atoms with Gasteiger partial charge in [0.2, 0.25) is 0 Å². The molecule has 0 radical (unpaired) electrons. The zero-order valence-corrected chi connectivity index (χ0v) is 15.1. The topological polar surface area (TPSA) is 55.5 Å². The second-order valence-electron chi connectivity index (χ2n) is 7.44. The van der Waals surface area contributed by atoms with E-state index in [1.54, 1.807) is 18.2 Å². The van der Waals surface area contributed by atoms with E-state index in [1.807, 2.05) is 6.92 Å². The zero-order valence-electron chi connectivity index (χ0n) is 15.1. The third kappa shape index (κ3) is 3.01. The molecule has 2 heterocycles. The molecule has 2 aromatic carbocycles. The van der Waals surface area contributed by atoms with Crippen LogP contribution in [0.5, 0.6) is 5.75 Å². The second-order valence-corrected chi connectivity index (χ2v) is 7.44. The van der Waals surface area contributed by atoms with Crippen molar-refractivity contribution in [2.45, 2.75) is 44.1 Å². The smallest absolute Gasteiger partial charge is 0.417 e. The molecule has 0 amide bonds. The number of aryl methyl sites for hydroxylation is 1.